The van der Waals surface area contributed by atoms with Crippen LogP contribution in [0.4, 0.5) is 0 Å². The first-order valence-corrected chi connectivity index (χ1v) is 6.29. The summed E-state index contributed by atoms with van der Waals surface area (Å²) in [5.74, 6) is -0.641. The molecule has 0 radical (unpaired) electrons. The summed E-state index contributed by atoms with van der Waals surface area (Å²) < 4.78 is 16.1. The molecule has 0 aliphatic heterocycles. The summed E-state index contributed by atoms with van der Waals surface area (Å²) >= 11 is 0. The van der Waals surface area contributed by atoms with Crippen LogP contribution in [0.5, 0.6) is 5.75 Å². The first-order chi connectivity index (χ1) is 9.15. The van der Waals surface area contributed by atoms with Crippen LogP contribution in [0.15, 0.2) is 24.3 Å². The second-order valence-electron chi connectivity index (χ2n) is 3.99. The second kappa shape index (κ2) is 8.50. The van der Waals surface area contributed by atoms with Gasteiger partial charge in [0.15, 0.2) is 0 Å². The molecule has 1 aromatic rings. The van der Waals surface area contributed by atoms with Crippen LogP contribution in [0.3, 0.4) is 0 Å². The largest absolute Gasteiger partial charge is 0.490 e. The fourth-order valence-corrected chi connectivity index (χ4v) is 1.50. The average Bonchev–Trinajstić information content (AvgIpc) is 2.41. The lowest BCUT2D eigenvalue weighted by Crippen LogP contribution is -2.19. The minimum Gasteiger partial charge on any atom is -0.490 e. The predicted octanol–water partition coefficient (Wildman–Crippen LogP) is 2.21. The highest BCUT2D eigenvalue weighted by molar-refractivity contribution is 5.90. The van der Waals surface area contributed by atoms with Crippen molar-refractivity contribution in [3.8, 4) is 5.75 Å². The number of rotatable bonds is 9. The average molecular weight is 268 g/mol. The molecule has 19 heavy (non-hydrogen) atoms. The van der Waals surface area contributed by atoms with Gasteiger partial charge in [-0.3, -0.25) is 0 Å². The number of para-hydroxylation sites is 1. The van der Waals surface area contributed by atoms with E-state index >= 15 is 0 Å². The molecule has 0 saturated heterocycles. The zero-order chi connectivity index (χ0) is 14.1. The number of aromatic carboxylic acids is 1. The van der Waals surface area contributed by atoms with Gasteiger partial charge < -0.3 is 19.3 Å². The third-order valence-electron chi connectivity index (χ3n) is 2.42. The third-order valence-corrected chi connectivity index (χ3v) is 2.42. The number of carboxylic acid groups (broad SMARTS) is 1. The van der Waals surface area contributed by atoms with Gasteiger partial charge in [0.2, 0.25) is 0 Å². The van der Waals surface area contributed by atoms with E-state index in [0.717, 1.165) is 0 Å². The van der Waals surface area contributed by atoms with Gasteiger partial charge in [0.05, 0.1) is 19.3 Å². The molecular formula is C14H20O5. The van der Waals surface area contributed by atoms with Gasteiger partial charge in [-0.25, -0.2) is 4.79 Å². The van der Waals surface area contributed by atoms with Gasteiger partial charge in [-0.1, -0.05) is 12.1 Å². The monoisotopic (exact) mass is 268 g/mol. The molecule has 5 nitrogen and oxygen atoms in total. The summed E-state index contributed by atoms with van der Waals surface area (Å²) in [5.41, 5.74) is 0.157. The van der Waals surface area contributed by atoms with Gasteiger partial charge in [-0.15, -0.1) is 0 Å². The molecule has 106 valence electrons. The van der Waals surface area contributed by atoms with Crippen LogP contribution in [0.1, 0.15) is 24.2 Å². The number of benzene rings is 1. The van der Waals surface area contributed by atoms with E-state index in [9.17, 15) is 4.79 Å². The summed E-state index contributed by atoms with van der Waals surface area (Å²) in [5, 5.41) is 8.98. The van der Waals surface area contributed by atoms with Crippen LogP contribution in [0.25, 0.3) is 0 Å². The van der Waals surface area contributed by atoms with E-state index in [4.69, 9.17) is 19.3 Å². The summed E-state index contributed by atoms with van der Waals surface area (Å²) in [6.07, 6.45) is -0.00160. The maximum atomic E-state index is 11.0. The molecule has 5 heteroatoms. The maximum absolute atomic E-state index is 11.0. The number of carbonyl (C=O) groups is 1. The van der Waals surface area contributed by atoms with Crippen molar-refractivity contribution < 1.29 is 24.1 Å². The Balaban J connectivity index is 2.31. The molecule has 0 aromatic heterocycles. The van der Waals surface area contributed by atoms with Gasteiger partial charge in [0.1, 0.15) is 17.9 Å². The Morgan fingerprint density at radius 3 is 2.74 bits per heavy atom. The lowest BCUT2D eigenvalue weighted by Gasteiger charge is -2.14. The predicted molar refractivity (Wildman–Crippen MR) is 70.8 cm³/mol. The first-order valence-electron chi connectivity index (χ1n) is 6.29. The van der Waals surface area contributed by atoms with Crippen molar-refractivity contribution in [2.45, 2.75) is 20.0 Å². The van der Waals surface area contributed by atoms with E-state index in [1.165, 1.54) is 6.07 Å². The smallest absolute Gasteiger partial charge is 0.339 e. The molecule has 1 atom stereocenters. The molecular weight excluding hydrogens is 248 g/mol. The van der Waals surface area contributed by atoms with Gasteiger partial charge in [0.25, 0.3) is 0 Å². The van der Waals surface area contributed by atoms with Crippen molar-refractivity contribution in [3.63, 3.8) is 0 Å². The van der Waals surface area contributed by atoms with Crippen molar-refractivity contribution in [2.24, 2.45) is 0 Å². The fraction of sp³-hybridized carbons (Fsp3) is 0.500. The van der Waals surface area contributed by atoms with E-state index in [-0.39, 0.29) is 11.7 Å². The molecule has 0 fully saturated rings. The van der Waals surface area contributed by atoms with E-state index in [1.807, 2.05) is 13.8 Å². The minimum absolute atomic E-state index is 0.00160. The molecule has 0 heterocycles. The Hall–Kier alpha value is -1.59. The standard InChI is InChI=1S/C14H20O5/c1-3-17-10-11(2)18-8-9-19-13-7-5-4-6-12(13)14(15)16/h4-7,11H,3,8-10H2,1-2H3,(H,15,16). The maximum Gasteiger partial charge on any atom is 0.339 e. The lowest BCUT2D eigenvalue weighted by molar-refractivity contribution is -0.0129. The Morgan fingerprint density at radius 1 is 1.32 bits per heavy atom. The lowest BCUT2D eigenvalue weighted by atomic mass is 10.2. The number of hydrogen-bond acceptors (Lipinski definition) is 4. The molecule has 0 aliphatic carbocycles. The third kappa shape index (κ3) is 5.72. The molecule has 1 N–H and O–H groups in total. The number of hydrogen-bond donors (Lipinski definition) is 1. The van der Waals surface area contributed by atoms with E-state index in [1.54, 1.807) is 18.2 Å². The van der Waals surface area contributed by atoms with Crippen molar-refractivity contribution in [1.29, 1.82) is 0 Å². The highest BCUT2D eigenvalue weighted by Gasteiger charge is 2.10. The van der Waals surface area contributed by atoms with E-state index < -0.39 is 5.97 Å². The molecule has 1 rings (SSSR count). The van der Waals surface area contributed by atoms with Gasteiger partial charge >= 0.3 is 5.97 Å². The molecule has 1 aromatic carbocycles. The van der Waals surface area contributed by atoms with Crippen molar-refractivity contribution in [2.75, 3.05) is 26.4 Å². The van der Waals surface area contributed by atoms with Crippen molar-refractivity contribution >= 4 is 5.97 Å². The molecule has 0 spiro atoms. The highest BCUT2D eigenvalue weighted by atomic mass is 16.5. The molecule has 0 saturated carbocycles. The number of ether oxygens (including phenoxy) is 3. The van der Waals surface area contributed by atoms with Crippen molar-refractivity contribution in [3.05, 3.63) is 29.8 Å². The Bertz CT molecular complexity index is 391. The van der Waals surface area contributed by atoms with Gasteiger partial charge in [-0.2, -0.15) is 0 Å². The van der Waals surface area contributed by atoms with Gasteiger partial charge in [0, 0.05) is 6.61 Å². The first kappa shape index (κ1) is 15.5. The Labute approximate surface area is 113 Å². The summed E-state index contributed by atoms with van der Waals surface area (Å²) in [6.45, 7) is 5.75. The van der Waals surface area contributed by atoms with E-state index in [2.05, 4.69) is 0 Å². The van der Waals surface area contributed by atoms with Crippen LogP contribution in [0, 0.1) is 0 Å². The molecule has 0 bridgehead atoms. The summed E-state index contributed by atoms with van der Waals surface area (Å²) in [7, 11) is 0. The van der Waals surface area contributed by atoms with E-state index in [0.29, 0.717) is 32.2 Å². The highest BCUT2D eigenvalue weighted by Crippen LogP contribution is 2.17. The summed E-state index contributed by atoms with van der Waals surface area (Å²) in [6, 6.07) is 6.54. The molecule has 0 aliphatic rings. The van der Waals surface area contributed by atoms with Gasteiger partial charge in [-0.05, 0) is 26.0 Å². The Morgan fingerprint density at radius 2 is 2.05 bits per heavy atom. The zero-order valence-corrected chi connectivity index (χ0v) is 11.3. The van der Waals surface area contributed by atoms with Crippen LogP contribution in [0.2, 0.25) is 0 Å². The second-order valence-corrected chi connectivity index (χ2v) is 3.99. The fourth-order valence-electron chi connectivity index (χ4n) is 1.50. The van der Waals surface area contributed by atoms with Crippen LogP contribution >= 0.6 is 0 Å². The van der Waals surface area contributed by atoms with Crippen LogP contribution < -0.4 is 4.74 Å². The zero-order valence-electron chi connectivity index (χ0n) is 11.3. The SMILES string of the molecule is CCOCC(C)OCCOc1ccccc1C(=O)O. The quantitative estimate of drug-likeness (QED) is 0.695. The number of carboxylic acids is 1. The van der Waals surface area contributed by atoms with Crippen LogP contribution in [-0.2, 0) is 9.47 Å². The topological polar surface area (TPSA) is 65.0 Å². The molecule has 0 amide bonds. The summed E-state index contributed by atoms with van der Waals surface area (Å²) in [4.78, 5) is 11.0. The molecule has 1 unspecified atom stereocenters. The Kier molecular flexibility index (Phi) is 6.92. The minimum atomic E-state index is -0.999. The normalized spacial score (nSPS) is 12.1. The van der Waals surface area contributed by atoms with Crippen molar-refractivity contribution in [1.82, 2.24) is 0 Å². The van der Waals surface area contributed by atoms with Crippen LogP contribution in [-0.4, -0.2) is 43.6 Å².